The highest BCUT2D eigenvalue weighted by molar-refractivity contribution is 9.10. The molecule has 5 heteroatoms. The van der Waals surface area contributed by atoms with Crippen molar-refractivity contribution in [1.82, 2.24) is 9.78 Å². The van der Waals surface area contributed by atoms with Crippen LogP contribution in [-0.2, 0) is 13.7 Å². The summed E-state index contributed by atoms with van der Waals surface area (Å²) in [6.07, 6.45) is 2.66. The Balaban J connectivity index is 2.06. The van der Waals surface area contributed by atoms with Gasteiger partial charge in [-0.3, -0.25) is 9.48 Å². The first-order valence-electron chi connectivity index (χ1n) is 5.05. The number of carbonyl (C=O) groups is 1. The fraction of sp³-hybridized carbons (Fsp3) is 0.167. The second-order valence-electron chi connectivity index (χ2n) is 3.58. The third kappa shape index (κ3) is 2.94. The van der Waals surface area contributed by atoms with Gasteiger partial charge >= 0.3 is 0 Å². The van der Waals surface area contributed by atoms with Gasteiger partial charge in [0.15, 0.2) is 0 Å². The largest absolute Gasteiger partial charge is 0.486 e. The minimum Gasteiger partial charge on any atom is -0.486 e. The van der Waals surface area contributed by atoms with Gasteiger partial charge in [-0.2, -0.15) is 5.10 Å². The van der Waals surface area contributed by atoms with Crippen LogP contribution in [0.1, 0.15) is 16.1 Å². The van der Waals surface area contributed by atoms with E-state index < -0.39 is 0 Å². The van der Waals surface area contributed by atoms with Crippen LogP contribution in [0.25, 0.3) is 0 Å². The van der Waals surface area contributed by atoms with Crippen LogP contribution in [0.4, 0.5) is 0 Å². The van der Waals surface area contributed by atoms with E-state index in [4.69, 9.17) is 4.74 Å². The van der Waals surface area contributed by atoms with Crippen molar-refractivity contribution in [3.05, 3.63) is 46.2 Å². The molecule has 0 bridgehead atoms. The van der Waals surface area contributed by atoms with Gasteiger partial charge in [0.25, 0.3) is 0 Å². The molecule has 0 aliphatic carbocycles. The highest BCUT2D eigenvalue weighted by Crippen LogP contribution is 2.26. The Labute approximate surface area is 107 Å². The van der Waals surface area contributed by atoms with Gasteiger partial charge in [0.1, 0.15) is 18.6 Å². The molecule has 0 amide bonds. The zero-order valence-electron chi connectivity index (χ0n) is 9.26. The molecule has 1 aromatic heterocycles. The Morgan fingerprint density at radius 3 is 2.88 bits per heavy atom. The van der Waals surface area contributed by atoms with Crippen LogP contribution in [0.2, 0.25) is 0 Å². The first kappa shape index (κ1) is 11.9. The Bertz CT molecular complexity index is 537. The van der Waals surface area contributed by atoms with Crippen molar-refractivity contribution in [2.45, 2.75) is 6.61 Å². The topological polar surface area (TPSA) is 44.1 Å². The van der Waals surface area contributed by atoms with E-state index in [-0.39, 0.29) is 0 Å². The summed E-state index contributed by atoms with van der Waals surface area (Å²) in [6, 6.07) is 7.09. The van der Waals surface area contributed by atoms with E-state index in [1.807, 2.05) is 19.3 Å². The Hall–Kier alpha value is -1.62. The molecule has 1 aromatic carbocycles. The summed E-state index contributed by atoms with van der Waals surface area (Å²) >= 11 is 3.36. The average molecular weight is 295 g/mol. The number of carbonyl (C=O) groups excluding carboxylic acids is 1. The summed E-state index contributed by atoms with van der Waals surface area (Å²) in [7, 11) is 1.86. The number of aldehydes is 1. The molecule has 88 valence electrons. The molecule has 17 heavy (non-hydrogen) atoms. The van der Waals surface area contributed by atoms with E-state index in [2.05, 4.69) is 21.0 Å². The number of hydrogen-bond acceptors (Lipinski definition) is 3. The molecule has 0 spiro atoms. The van der Waals surface area contributed by atoms with Crippen molar-refractivity contribution in [1.29, 1.82) is 0 Å². The lowest BCUT2D eigenvalue weighted by atomic mass is 10.2. The van der Waals surface area contributed by atoms with Gasteiger partial charge in [-0.25, -0.2) is 0 Å². The fourth-order valence-corrected chi connectivity index (χ4v) is 1.91. The van der Waals surface area contributed by atoms with Gasteiger partial charge in [0.2, 0.25) is 0 Å². The summed E-state index contributed by atoms with van der Waals surface area (Å²) in [5.41, 5.74) is 1.47. The highest BCUT2D eigenvalue weighted by Gasteiger charge is 2.04. The Morgan fingerprint density at radius 1 is 1.47 bits per heavy atom. The molecular formula is C12H11BrN2O2. The molecule has 0 aliphatic heterocycles. The number of aryl methyl sites for hydroxylation is 1. The normalized spacial score (nSPS) is 10.2. The lowest BCUT2D eigenvalue weighted by Crippen LogP contribution is -1.98. The van der Waals surface area contributed by atoms with Gasteiger partial charge in [-0.05, 0) is 40.2 Å². The molecule has 1 heterocycles. The van der Waals surface area contributed by atoms with Crippen molar-refractivity contribution in [3.8, 4) is 5.75 Å². The van der Waals surface area contributed by atoms with Crippen LogP contribution in [-0.4, -0.2) is 16.1 Å². The molecule has 2 rings (SSSR count). The van der Waals surface area contributed by atoms with Crippen molar-refractivity contribution in [3.63, 3.8) is 0 Å². The molecule has 0 radical (unpaired) electrons. The summed E-state index contributed by atoms with van der Waals surface area (Å²) in [5, 5.41) is 4.21. The maximum atomic E-state index is 10.6. The van der Waals surface area contributed by atoms with Gasteiger partial charge < -0.3 is 4.74 Å². The predicted octanol–water partition coefficient (Wildman–Crippen LogP) is 2.57. The summed E-state index contributed by atoms with van der Waals surface area (Å²) in [5.74, 6) is 0.696. The first-order valence-corrected chi connectivity index (χ1v) is 5.84. The van der Waals surface area contributed by atoms with E-state index in [0.717, 1.165) is 16.5 Å². The molecule has 0 saturated heterocycles. The minimum absolute atomic E-state index is 0.403. The van der Waals surface area contributed by atoms with Crippen molar-refractivity contribution in [2.75, 3.05) is 0 Å². The second kappa shape index (κ2) is 5.14. The predicted molar refractivity (Wildman–Crippen MR) is 67.1 cm³/mol. The Morgan fingerprint density at radius 2 is 2.29 bits per heavy atom. The third-order valence-electron chi connectivity index (χ3n) is 2.24. The van der Waals surface area contributed by atoms with E-state index in [1.54, 1.807) is 22.9 Å². The molecule has 0 unspecified atom stereocenters. The molecule has 0 atom stereocenters. The number of benzene rings is 1. The van der Waals surface area contributed by atoms with Gasteiger partial charge in [0.05, 0.1) is 10.2 Å². The van der Waals surface area contributed by atoms with Crippen molar-refractivity contribution in [2.24, 2.45) is 7.05 Å². The standard InChI is InChI=1S/C12H11BrN2O2/c1-15-5-4-10(14-15)8-17-12-3-2-9(7-16)6-11(12)13/h2-7H,8H2,1H3. The molecule has 0 saturated carbocycles. The quantitative estimate of drug-likeness (QED) is 0.814. The molecule has 0 fully saturated rings. The van der Waals surface area contributed by atoms with E-state index in [0.29, 0.717) is 17.9 Å². The molecule has 0 N–H and O–H groups in total. The zero-order valence-corrected chi connectivity index (χ0v) is 10.8. The van der Waals surface area contributed by atoms with Gasteiger partial charge in [-0.1, -0.05) is 0 Å². The third-order valence-corrected chi connectivity index (χ3v) is 2.86. The number of hydrogen-bond donors (Lipinski definition) is 0. The smallest absolute Gasteiger partial charge is 0.150 e. The second-order valence-corrected chi connectivity index (χ2v) is 4.43. The first-order chi connectivity index (χ1) is 8.19. The molecule has 2 aromatic rings. The lowest BCUT2D eigenvalue weighted by molar-refractivity contribution is 0.112. The van der Waals surface area contributed by atoms with Crippen LogP contribution >= 0.6 is 15.9 Å². The average Bonchev–Trinajstić information content (AvgIpc) is 2.73. The van der Waals surface area contributed by atoms with Crippen LogP contribution < -0.4 is 4.74 Å². The molecular weight excluding hydrogens is 284 g/mol. The zero-order chi connectivity index (χ0) is 12.3. The SMILES string of the molecule is Cn1ccc(COc2ccc(C=O)cc2Br)n1. The van der Waals surface area contributed by atoms with Crippen LogP contribution in [0, 0.1) is 0 Å². The summed E-state index contributed by atoms with van der Waals surface area (Å²) in [6.45, 7) is 0.403. The number of halogens is 1. The van der Waals surface area contributed by atoms with Crippen molar-refractivity contribution < 1.29 is 9.53 Å². The van der Waals surface area contributed by atoms with Crippen molar-refractivity contribution >= 4 is 22.2 Å². The fourth-order valence-electron chi connectivity index (χ4n) is 1.40. The summed E-state index contributed by atoms with van der Waals surface area (Å²) < 4.78 is 8.08. The van der Waals surface area contributed by atoms with E-state index in [9.17, 15) is 4.79 Å². The van der Waals surface area contributed by atoms with E-state index in [1.165, 1.54) is 0 Å². The molecule has 0 aliphatic rings. The van der Waals surface area contributed by atoms with Crippen LogP contribution in [0.3, 0.4) is 0 Å². The maximum Gasteiger partial charge on any atom is 0.150 e. The number of aromatic nitrogens is 2. The minimum atomic E-state index is 0.403. The maximum absolute atomic E-state index is 10.6. The van der Waals surface area contributed by atoms with Gasteiger partial charge in [-0.15, -0.1) is 0 Å². The number of ether oxygens (including phenoxy) is 1. The number of nitrogens with zero attached hydrogens (tertiary/aromatic N) is 2. The molecule has 4 nitrogen and oxygen atoms in total. The number of rotatable bonds is 4. The van der Waals surface area contributed by atoms with E-state index >= 15 is 0 Å². The monoisotopic (exact) mass is 294 g/mol. The summed E-state index contributed by atoms with van der Waals surface area (Å²) in [4.78, 5) is 10.6. The lowest BCUT2D eigenvalue weighted by Gasteiger charge is -2.06. The van der Waals surface area contributed by atoms with Crippen LogP contribution in [0.5, 0.6) is 5.75 Å². The van der Waals surface area contributed by atoms with Crippen LogP contribution in [0.15, 0.2) is 34.9 Å². The highest BCUT2D eigenvalue weighted by atomic mass is 79.9. The Kier molecular flexibility index (Phi) is 3.58. The van der Waals surface area contributed by atoms with Gasteiger partial charge in [0, 0.05) is 18.8 Å².